The van der Waals surface area contributed by atoms with E-state index in [4.69, 9.17) is 14.5 Å². The van der Waals surface area contributed by atoms with E-state index < -0.39 is 0 Å². The average molecular weight is 453 g/mol. The summed E-state index contributed by atoms with van der Waals surface area (Å²) in [4.78, 5) is 16.6. The normalized spacial score (nSPS) is 16.3. The molecule has 2 aliphatic rings. The summed E-state index contributed by atoms with van der Waals surface area (Å²) < 4.78 is 7.90. The molecule has 7 heteroatoms. The van der Waals surface area contributed by atoms with Crippen LogP contribution in [0.1, 0.15) is 47.7 Å². The van der Waals surface area contributed by atoms with E-state index in [1.54, 1.807) is 0 Å². The van der Waals surface area contributed by atoms with E-state index in [0.29, 0.717) is 0 Å². The topological polar surface area (TPSA) is 72.3 Å². The molecule has 0 bridgehead atoms. The molecule has 0 N–H and O–H groups in total. The first-order chi connectivity index (χ1) is 16.7. The van der Waals surface area contributed by atoms with Crippen molar-refractivity contribution in [1.29, 1.82) is 0 Å². The van der Waals surface area contributed by atoms with Crippen LogP contribution in [0.3, 0.4) is 0 Å². The molecule has 34 heavy (non-hydrogen) atoms. The zero-order valence-electron chi connectivity index (χ0n) is 19.4. The van der Waals surface area contributed by atoms with Crippen molar-refractivity contribution in [2.75, 3.05) is 13.1 Å². The number of hydrogen-bond donors (Lipinski definition) is 0. The highest BCUT2D eigenvalue weighted by molar-refractivity contribution is 5.97. The number of rotatable bonds is 5. The van der Waals surface area contributed by atoms with Gasteiger partial charge in [0.25, 0.3) is 0 Å². The molecular weight excluding hydrogens is 424 g/mol. The largest absolute Gasteiger partial charge is 0.460 e. The molecule has 2 aliphatic heterocycles. The van der Waals surface area contributed by atoms with Crippen LogP contribution in [0.2, 0.25) is 0 Å². The molecule has 0 spiro atoms. The number of nitrogens with zero attached hydrogens (tertiary/aromatic N) is 6. The molecule has 6 rings (SSSR count). The zero-order chi connectivity index (χ0) is 22.9. The Morgan fingerprint density at radius 2 is 1.94 bits per heavy atom. The van der Waals surface area contributed by atoms with Crippen molar-refractivity contribution in [2.24, 2.45) is 4.99 Å². The van der Waals surface area contributed by atoms with Crippen molar-refractivity contribution >= 4 is 5.71 Å². The number of aliphatic imine (C=N–C) groups is 1. The smallest absolute Gasteiger partial charge is 0.173 e. The maximum atomic E-state index is 5.95. The number of furan rings is 1. The van der Waals surface area contributed by atoms with Gasteiger partial charge in [0.05, 0.1) is 17.1 Å². The molecule has 7 nitrogen and oxygen atoms in total. The van der Waals surface area contributed by atoms with Gasteiger partial charge < -0.3 is 4.42 Å². The molecule has 0 atom stereocenters. The van der Waals surface area contributed by atoms with Gasteiger partial charge in [-0.15, -0.1) is 0 Å². The Bertz CT molecular complexity index is 1340. The van der Waals surface area contributed by atoms with Crippen LogP contribution >= 0.6 is 0 Å². The second-order valence-corrected chi connectivity index (χ2v) is 9.11. The lowest BCUT2D eigenvalue weighted by Crippen LogP contribution is -2.31. The fourth-order valence-corrected chi connectivity index (χ4v) is 4.78. The third-order valence-electron chi connectivity index (χ3n) is 6.57. The molecule has 0 radical (unpaired) electrons. The van der Waals surface area contributed by atoms with E-state index in [0.717, 1.165) is 84.7 Å². The SMILES string of the molecule is Cc1ccc(-c2nn(-c3ccccc3)cc2CN2CCc3nc(C4=NCCCC4)ncc3C2)o1. The molecule has 5 heterocycles. The minimum absolute atomic E-state index is 0.788. The third kappa shape index (κ3) is 4.19. The van der Waals surface area contributed by atoms with Crippen LogP contribution in [-0.2, 0) is 19.5 Å². The van der Waals surface area contributed by atoms with Gasteiger partial charge in [-0.05, 0) is 50.5 Å². The van der Waals surface area contributed by atoms with Crippen LogP contribution in [0, 0.1) is 6.92 Å². The summed E-state index contributed by atoms with van der Waals surface area (Å²) >= 11 is 0. The molecule has 0 saturated carbocycles. The van der Waals surface area contributed by atoms with Crippen LogP contribution in [0.5, 0.6) is 0 Å². The van der Waals surface area contributed by atoms with Gasteiger partial charge >= 0.3 is 0 Å². The van der Waals surface area contributed by atoms with E-state index in [2.05, 4.69) is 33.2 Å². The molecule has 0 amide bonds. The summed E-state index contributed by atoms with van der Waals surface area (Å²) in [5.41, 5.74) is 6.52. The summed E-state index contributed by atoms with van der Waals surface area (Å²) in [6, 6.07) is 14.2. The van der Waals surface area contributed by atoms with E-state index >= 15 is 0 Å². The van der Waals surface area contributed by atoms with Crippen molar-refractivity contribution in [3.63, 3.8) is 0 Å². The standard InChI is InChI=1S/C27H28N6O/c1-19-10-11-25(34-19)26-21(18-33(31-26)22-7-3-2-4-8-22)17-32-14-12-23-20(16-32)15-29-27(30-23)24-9-5-6-13-28-24/h2-4,7-8,10-11,15,18H,5-6,9,12-14,16-17H2,1H3. The summed E-state index contributed by atoms with van der Waals surface area (Å²) in [6.07, 6.45) is 8.39. The van der Waals surface area contributed by atoms with Gasteiger partial charge in [0.1, 0.15) is 11.5 Å². The molecule has 172 valence electrons. The van der Waals surface area contributed by atoms with Gasteiger partial charge in [-0.25, -0.2) is 14.6 Å². The fourth-order valence-electron chi connectivity index (χ4n) is 4.78. The number of fused-ring (bicyclic) bond motifs is 1. The van der Waals surface area contributed by atoms with Crippen LogP contribution < -0.4 is 0 Å². The predicted molar refractivity (Wildman–Crippen MR) is 131 cm³/mol. The third-order valence-corrected chi connectivity index (χ3v) is 6.57. The Morgan fingerprint density at radius 1 is 1.03 bits per heavy atom. The van der Waals surface area contributed by atoms with E-state index in [9.17, 15) is 0 Å². The summed E-state index contributed by atoms with van der Waals surface area (Å²) in [7, 11) is 0. The highest BCUT2D eigenvalue weighted by Crippen LogP contribution is 2.28. The first kappa shape index (κ1) is 21.0. The second-order valence-electron chi connectivity index (χ2n) is 9.11. The molecular formula is C27H28N6O. The minimum atomic E-state index is 0.788. The maximum Gasteiger partial charge on any atom is 0.173 e. The Balaban J connectivity index is 1.26. The summed E-state index contributed by atoms with van der Waals surface area (Å²) in [5.74, 6) is 2.52. The van der Waals surface area contributed by atoms with Crippen LogP contribution in [-0.4, -0.2) is 43.4 Å². The minimum Gasteiger partial charge on any atom is -0.460 e. The number of aromatic nitrogens is 4. The monoisotopic (exact) mass is 452 g/mol. The van der Waals surface area contributed by atoms with Crippen molar-refractivity contribution in [1.82, 2.24) is 24.6 Å². The second kappa shape index (κ2) is 8.99. The van der Waals surface area contributed by atoms with Crippen LogP contribution in [0.15, 0.2) is 64.3 Å². The van der Waals surface area contributed by atoms with Gasteiger partial charge in [-0.2, -0.15) is 5.10 Å². The van der Waals surface area contributed by atoms with Crippen molar-refractivity contribution in [3.8, 4) is 17.1 Å². The van der Waals surface area contributed by atoms with Crippen molar-refractivity contribution in [2.45, 2.75) is 45.7 Å². The van der Waals surface area contributed by atoms with Gasteiger partial charge in [-0.1, -0.05) is 18.2 Å². The molecule has 3 aromatic heterocycles. The molecule has 0 saturated heterocycles. The Kier molecular flexibility index (Phi) is 5.55. The summed E-state index contributed by atoms with van der Waals surface area (Å²) in [6.45, 7) is 5.43. The van der Waals surface area contributed by atoms with E-state index in [1.165, 1.54) is 18.4 Å². The molecule has 0 fully saturated rings. The Hall–Kier alpha value is -3.58. The molecule has 0 aliphatic carbocycles. The zero-order valence-corrected chi connectivity index (χ0v) is 19.4. The van der Waals surface area contributed by atoms with Gasteiger partial charge in [0, 0.05) is 56.1 Å². The van der Waals surface area contributed by atoms with Crippen molar-refractivity contribution < 1.29 is 4.42 Å². The highest BCUT2D eigenvalue weighted by Gasteiger charge is 2.23. The summed E-state index contributed by atoms with van der Waals surface area (Å²) in [5, 5.41) is 4.90. The van der Waals surface area contributed by atoms with Crippen LogP contribution in [0.25, 0.3) is 17.1 Å². The van der Waals surface area contributed by atoms with Gasteiger partial charge in [-0.3, -0.25) is 9.89 Å². The molecule has 4 aromatic rings. The predicted octanol–water partition coefficient (Wildman–Crippen LogP) is 4.76. The lowest BCUT2D eigenvalue weighted by Gasteiger charge is -2.28. The van der Waals surface area contributed by atoms with E-state index in [1.807, 2.05) is 48.1 Å². The van der Waals surface area contributed by atoms with Crippen LogP contribution in [0.4, 0.5) is 0 Å². The van der Waals surface area contributed by atoms with E-state index in [-0.39, 0.29) is 0 Å². The Morgan fingerprint density at radius 3 is 2.74 bits per heavy atom. The van der Waals surface area contributed by atoms with Gasteiger partial charge in [0.2, 0.25) is 0 Å². The quantitative estimate of drug-likeness (QED) is 0.436. The first-order valence-electron chi connectivity index (χ1n) is 12.0. The van der Waals surface area contributed by atoms with Crippen molar-refractivity contribution in [3.05, 3.63) is 83.3 Å². The molecule has 1 aromatic carbocycles. The number of hydrogen-bond acceptors (Lipinski definition) is 6. The number of aryl methyl sites for hydroxylation is 1. The maximum absolute atomic E-state index is 5.95. The molecule has 0 unspecified atom stereocenters. The Labute approximate surface area is 199 Å². The van der Waals surface area contributed by atoms with Gasteiger partial charge in [0.15, 0.2) is 11.6 Å². The lowest BCUT2D eigenvalue weighted by molar-refractivity contribution is 0.243. The average Bonchev–Trinajstić information content (AvgIpc) is 3.51. The number of para-hydroxylation sites is 1. The fraction of sp³-hybridized carbons (Fsp3) is 0.333. The lowest BCUT2D eigenvalue weighted by atomic mass is 10.0. The first-order valence-corrected chi connectivity index (χ1v) is 12.0. The highest BCUT2D eigenvalue weighted by atomic mass is 16.3. The number of benzene rings is 1.